The van der Waals surface area contributed by atoms with Crippen molar-refractivity contribution in [3.05, 3.63) is 52.9 Å². The summed E-state index contributed by atoms with van der Waals surface area (Å²) in [6.07, 6.45) is 3.10. The fourth-order valence-electron chi connectivity index (χ4n) is 1.84. The number of aromatic carboxylic acids is 1. The maximum Gasteiger partial charge on any atom is 0.360 e. The molecule has 1 N–H and O–H groups in total. The largest absolute Gasteiger partial charge is 0.476 e. The molecule has 2 aromatic heterocycles. The van der Waals surface area contributed by atoms with Gasteiger partial charge in [-0.3, -0.25) is 4.98 Å². The molecule has 0 aliphatic rings. The van der Waals surface area contributed by atoms with E-state index in [1.54, 1.807) is 36.5 Å². The van der Waals surface area contributed by atoms with Gasteiger partial charge in [-0.05, 0) is 34.1 Å². The van der Waals surface area contributed by atoms with Crippen molar-refractivity contribution >= 4 is 32.8 Å². The van der Waals surface area contributed by atoms with Crippen molar-refractivity contribution in [2.45, 2.75) is 0 Å². The summed E-state index contributed by atoms with van der Waals surface area (Å²) in [5.74, 6) is -0.649. The van der Waals surface area contributed by atoms with Crippen molar-refractivity contribution < 1.29 is 14.6 Å². The molecule has 0 unspecified atom stereocenters. The molecule has 3 rings (SSSR count). The minimum atomic E-state index is -1.20. The van der Waals surface area contributed by atoms with Crippen LogP contribution in [0, 0.1) is 0 Å². The maximum atomic E-state index is 11.3. The highest BCUT2D eigenvalue weighted by Crippen LogP contribution is 2.31. The van der Waals surface area contributed by atoms with Crippen molar-refractivity contribution in [2.24, 2.45) is 0 Å². The lowest BCUT2D eigenvalue weighted by Gasteiger charge is -2.10. The summed E-state index contributed by atoms with van der Waals surface area (Å²) in [6.45, 7) is 0. The average molecular weight is 346 g/mol. The zero-order chi connectivity index (χ0) is 14.8. The van der Waals surface area contributed by atoms with Gasteiger partial charge in [0.2, 0.25) is 5.69 Å². The maximum absolute atomic E-state index is 11.3. The Morgan fingerprint density at radius 2 is 2.00 bits per heavy atom. The van der Waals surface area contributed by atoms with E-state index in [9.17, 15) is 9.90 Å². The molecule has 7 heteroatoms. The minimum absolute atomic E-state index is 0.146. The third kappa shape index (κ3) is 2.68. The molecule has 0 saturated heterocycles. The van der Waals surface area contributed by atoms with Gasteiger partial charge in [-0.15, -0.1) is 10.2 Å². The van der Waals surface area contributed by atoms with Crippen LogP contribution < -0.4 is 4.74 Å². The van der Waals surface area contributed by atoms with E-state index in [1.165, 1.54) is 6.20 Å². The van der Waals surface area contributed by atoms with Crippen LogP contribution in [-0.4, -0.2) is 26.3 Å². The first kappa shape index (κ1) is 13.4. The molecular formula is C14H8BrN3O3. The van der Waals surface area contributed by atoms with Crippen LogP contribution in [0.1, 0.15) is 10.5 Å². The molecule has 0 fully saturated rings. The number of nitrogens with zero attached hydrogens (tertiary/aromatic N) is 3. The number of benzene rings is 1. The Labute approximate surface area is 127 Å². The van der Waals surface area contributed by atoms with E-state index in [4.69, 9.17) is 4.74 Å². The second kappa shape index (κ2) is 5.45. The van der Waals surface area contributed by atoms with E-state index in [2.05, 4.69) is 31.1 Å². The molecule has 0 saturated carbocycles. The molecule has 2 heterocycles. The van der Waals surface area contributed by atoms with Gasteiger partial charge < -0.3 is 9.84 Å². The minimum Gasteiger partial charge on any atom is -0.476 e. The van der Waals surface area contributed by atoms with Gasteiger partial charge in [0, 0.05) is 16.1 Å². The molecule has 6 nitrogen and oxygen atoms in total. The Kier molecular flexibility index (Phi) is 3.49. The number of ether oxygens (including phenoxy) is 1. The van der Waals surface area contributed by atoms with Crippen LogP contribution in [0.15, 0.2) is 47.2 Å². The van der Waals surface area contributed by atoms with Gasteiger partial charge in [-0.1, -0.05) is 12.1 Å². The Bertz CT molecular complexity index is 839. The van der Waals surface area contributed by atoms with E-state index in [1.807, 2.05) is 0 Å². The van der Waals surface area contributed by atoms with E-state index >= 15 is 0 Å². The SMILES string of the molecule is O=C(O)c1nnc2ccccc2c1Oc1cncc(Br)c1. The Morgan fingerprint density at radius 1 is 1.19 bits per heavy atom. The normalized spacial score (nSPS) is 10.5. The van der Waals surface area contributed by atoms with Crippen molar-refractivity contribution in [2.75, 3.05) is 0 Å². The fourth-order valence-corrected chi connectivity index (χ4v) is 2.18. The smallest absolute Gasteiger partial charge is 0.360 e. The first-order chi connectivity index (χ1) is 10.1. The first-order valence-corrected chi connectivity index (χ1v) is 6.71. The van der Waals surface area contributed by atoms with Crippen LogP contribution in [-0.2, 0) is 0 Å². The molecule has 21 heavy (non-hydrogen) atoms. The van der Waals surface area contributed by atoms with Crippen molar-refractivity contribution in [1.29, 1.82) is 0 Å². The van der Waals surface area contributed by atoms with Crippen LogP contribution >= 0.6 is 15.9 Å². The van der Waals surface area contributed by atoms with Crippen LogP contribution in [0.4, 0.5) is 0 Å². The summed E-state index contributed by atoms with van der Waals surface area (Å²) in [4.78, 5) is 15.3. The molecule has 104 valence electrons. The van der Waals surface area contributed by atoms with E-state index in [-0.39, 0.29) is 11.4 Å². The number of aromatic nitrogens is 3. The Morgan fingerprint density at radius 3 is 2.76 bits per heavy atom. The van der Waals surface area contributed by atoms with Gasteiger partial charge in [0.15, 0.2) is 5.75 Å². The van der Waals surface area contributed by atoms with Gasteiger partial charge in [0.1, 0.15) is 5.75 Å². The van der Waals surface area contributed by atoms with Crippen LogP contribution in [0.5, 0.6) is 11.5 Å². The van der Waals surface area contributed by atoms with E-state index in [0.29, 0.717) is 16.7 Å². The molecule has 0 spiro atoms. The second-order valence-corrected chi connectivity index (χ2v) is 5.06. The summed E-state index contributed by atoms with van der Waals surface area (Å²) >= 11 is 3.29. The van der Waals surface area contributed by atoms with E-state index in [0.717, 1.165) is 4.47 Å². The highest BCUT2D eigenvalue weighted by molar-refractivity contribution is 9.10. The summed E-state index contributed by atoms with van der Waals surface area (Å²) < 4.78 is 6.41. The lowest BCUT2D eigenvalue weighted by Crippen LogP contribution is -2.06. The van der Waals surface area contributed by atoms with Gasteiger partial charge in [-0.25, -0.2) is 4.79 Å². The monoisotopic (exact) mass is 345 g/mol. The zero-order valence-electron chi connectivity index (χ0n) is 10.5. The Hall–Kier alpha value is -2.54. The third-order valence-corrected chi connectivity index (χ3v) is 3.16. The van der Waals surface area contributed by atoms with Crippen LogP contribution in [0.3, 0.4) is 0 Å². The highest BCUT2D eigenvalue weighted by atomic mass is 79.9. The first-order valence-electron chi connectivity index (χ1n) is 5.92. The molecule has 1 aromatic carbocycles. The molecule has 0 aliphatic carbocycles. The lowest BCUT2D eigenvalue weighted by atomic mass is 10.2. The molecule has 3 aromatic rings. The Balaban J connectivity index is 2.18. The van der Waals surface area contributed by atoms with Crippen molar-refractivity contribution in [1.82, 2.24) is 15.2 Å². The van der Waals surface area contributed by atoms with Gasteiger partial charge >= 0.3 is 5.97 Å². The van der Waals surface area contributed by atoms with Gasteiger partial charge in [0.05, 0.1) is 11.7 Å². The molecular weight excluding hydrogens is 338 g/mol. The summed E-state index contributed by atoms with van der Waals surface area (Å²) in [5.41, 5.74) is 0.314. The number of carboxylic acid groups (broad SMARTS) is 1. The molecule has 0 radical (unpaired) electrons. The van der Waals surface area contributed by atoms with Crippen molar-refractivity contribution in [3.8, 4) is 11.5 Å². The van der Waals surface area contributed by atoms with E-state index < -0.39 is 5.97 Å². The number of rotatable bonds is 3. The average Bonchev–Trinajstić information content (AvgIpc) is 2.47. The predicted molar refractivity (Wildman–Crippen MR) is 78.5 cm³/mol. The van der Waals surface area contributed by atoms with Crippen LogP contribution in [0.2, 0.25) is 0 Å². The van der Waals surface area contributed by atoms with Gasteiger partial charge in [0.25, 0.3) is 0 Å². The molecule has 0 amide bonds. The highest BCUT2D eigenvalue weighted by Gasteiger charge is 2.18. The predicted octanol–water partition coefficient (Wildman–Crippen LogP) is 3.28. The third-order valence-electron chi connectivity index (χ3n) is 2.72. The lowest BCUT2D eigenvalue weighted by molar-refractivity contribution is 0.0686. The number of carboxylic acids is 1. The van der Waals surface area contributed by atoms with Crippen molar-refractivity contribution in [3.63, 3.8) is 0 Å². The zero-order valence-corrected chi connectivity index (χ0v) is 12.1. The molecule has 0 aliphatic heterocycles. The number of fused-ring (bicyclic) bond motifs is 1. The quantitative estimate of drug-likeness (QED) is 0.783. The number of hydrogen-bond donors (Lipinski definition) is 1. The number of halogens is 1. The summed E-state index contributed by atoms with van der Waals surface area (Å²) in [7, 11) is 0. The van der Waals surface area contributed by atoms with Crippen LogP contribution in [0.25, 0.3) is 10.9 Å². The molecule has 0 atom stereocenters. The number of carbonyl (C=O) groups is 1. The summed E-state index contributed by atoms with van der Waals surface area (Å²) in [6, 6.07) is 8.73. The second-order valence-electron chi connectivity index (χ2n) is 4.14. The topological polar surface area (TPSA) is 85.2 Å². The number of hydrogen-bond acceptors (Lipinski definition) is 5. The van der Waals surface area contributed by atoms with Gasteiger partial charge in [-0.2, -0.15) is 0 Å². The number of pyridine rings is 1. The fraction of sp³-hybridized carbons (Fsp3) is 0. The summed E-state index contributed by atoms with van der Waals surface area (Å²) in [5, 5.41) is 17.4. The standard InChI is InChI=1S/C14H8BrN3O3/c15-8-5-9(7-16-6-8)21-13-10-3-1-2-4-11(10)17-18-12(13)14(19)20/h1-7H,(H,19,20). The molecule has 0 bridgehead atoms.